The van der Waals surface area contributed by atoms with E-state index in [-0.39, 0.29) is 35.5 Å². The fourth-order valence-electron chi connectivity index (χ4n) is 4.54. The molecule has 1 aliphatic heterocycles. The number of anilines is 3. The van der Waals surface area contributed by atoms with Crippen LogP contribution in [0.1, 0.15) is 34.3 Å². The Morgan fingerprint density at radius 1 is 0.977 bits per heavy atom. The molecule has 0 saturated carbocycles. The number of alkyl halides is 6. The van der Waals surface area contributed by atoms with Gasteiger partial charge in [-0.15, -0.1) is 0 Å². The molecule has 1 atom stereocenters. The van der Waals surface area contributed by atoms with Crippen LogP contribution in [0.15, 0.2) is 73.3 Å². The highest BCUT2D eigenvalue weighted by atomic mass is 19.4. The maximum atomic E-state index is 13.9. The van der Waals surface area contributed by atoms with E-state index in [9.17, 15) is 31.1 Å². The van der Waals surface area contributed by atoms with Crippen molar-refractivity contribution < 1.29 is 35.9 Å². The highest BCUT2D eigenvalue weighted by Crippen LogP contribution is 2.38. The van der Waals surface area contributed by atoms with Gasteiger partial charge in [-0.25, -0.2) is 15.0 Å². The summed E-state index contributed by atoms with van der Waals surface area (Å²) >= 11 is 0. The minimum absolute atomic E-state index is 0.0142. The number of ether oxygens (including phenoxy) is 1. The summed E-state index contributed by atoms with van der Waals surface area (Å²) in [6, 6.07) is 10.1. The highest BCUT2D eigenvalue weighted by molar-refractivity contribution is 6.05. The van der Waals surface area contributed by atoms with Gasteiger partial charge >= 0.3 is 12.4 Å². The van der Waals surface area contributed by atoms with E-state index >= 15 is 0 Å². The standard InChI is InChI=1S/C29H24F6N6O2/c30-28(31,32)18-12-20(14-21(13-18)43-15-19-3-1-8-37-19)40-27(42)17-5-6-23(29(33,34)35)25(11-17)41-26-22(4-2-9-38-26)24-7-10-36-16-39-24/h2,4-7,9-14,16,19,37H,1,3,8,15H2,(H,38,41)(H,40,42). The fraction of sp³-hybridized carbons (Fsp3) is 0.241. The summed E-state index contributed by atoms with van der Waals surface area (Å²) < 4.78 is 88.2. The van der Waals surface area contributed by atoms with Crippen LogP contribution in [-0.2, 0) is 12.4 Å². The zero-order valence-electron chi connectivity index (χ0n) is 22.3. The van der Waals surface area contributed by atoms with E-state index in [4.69, 9.17) is 4.74 Å². The molecule has 8 nitrogen and oxygen atoms in total. The molecular weight excluding hydrogens is 578 g/mol. The molecule has 1 unspecified atom stereocenters. The number of amides is 1. The lowest BCUT2D eigenvalue weighted by Crippen LogP contribution is -2.28. The van der Waals surface area contributed by atoms with Gasteiger partial charge in [0.25, 0.3) is 5.91 Å². The van der Waals surface area contributed by atoms with Crippen LogP contribution in [-0.4, -0.2) is 40.1 Å². The number of hydrogen-bond donors (Lipinski definition) is 3. The van der Waals surface area contributed by atoms with Crippen LogP contribution in [0.3, 0.4) is 0 Å². The third-order valence-corrected chi connectivity index (χ3v) is 6.61. The van der Waals surface area contributed by atoms with E-state index in [1.807, 2.05) is 0 Å². The monoisotopic (exact) mass is 602 g/mol. The van der Waals surface area contributed by atoms with Gasteiger partial charge in [0.05, 0.1) is 22.5 Å². The number of hydrogen-bond acceptors (Lipinski definition) is 7. The van der Waals surface area contributed by atoms with Crippen LogP contribution < -0.4 is 20.7 Å². The number of benzene rings is 2. The molecule has 0 radical (unpaired) electrons. The van der Waals surface area contributed by atoms with E-state index in [1.165, 1.54) is 24.8 Å². The Kier molecular flexibility index (Phi) is 8.48. The molecule has 3 heterocycles. The molecule has 43 heavy (non-hydrogen) atoms. The second-order valence-electron chi connectivity index (χ2n) is 9.68. The first-order valence-electron chi connectivity index (χ1n) is 13.1. The molecule has 1 saturated heterocycles. The number of carbonyl (C=O) groups is 1. The van der Waals surface area contributed by atoms with Crippen molar-refractivity contribution in [1.82, 2.24) is 20.3 Å². The minimum Gasteiger partial charge on any atom is -0.492 e. The molecule has 0 bridgehead atoms. The van der Waals surface area contributed by atoms with Crippen molar-refractivity contribution in [2.24, 2.45) is 0 Å². The summed E-state index contributed by atoms with van der Waals surface area (Å²) in [5.74, 6) is -1.02. The van der Waals surface area contributed by atoms with Crippen molar-refractivity contribution >= 4 is 23.1 Å². The largest absolute Gasteiger partial charge is 0.492 e. The maximum absolute atomic E-state index is 13.9. The van der Waals surface area contributed by atoms with Crippen LogP contribution in [0.4, 0.5) is 43.5 Å². The van der Waals surface area contributed by atoms with Gasteiger partial charge in [-0.05, 0) is 67.9 Å². The minimum atomic E-state index is -4.80. The smallest absolute Gasteiger partial charge is 0.418 e. The molecule has 2 aromatic heterocycles. The van der Waals surface area contributed by atoms with Gasteiger partial charge in [0.1, 0.15) is 24.5 Å². The quantitative estimate of drug-likeness (QED) is 0.193. The van der Waals surface area contributed by atoms with Crippen LogP contribution in [0.2, 0.25) is 0 Å². The molecule has 14 heteroatoms. The molecular formula is C29H24F6N6O2. The van der Waals surface area contributed by atoms with Crippen LogP contribution >= 0.6 is 0 Å². The number of halogens is 6. The van der Waals surface area contributed by atoms with Gasteiger partial charge in [-0.1, -0.05) is 0 Å². The van der Waals surface area contributed by atoms with E-state index in [0.29, 0.717) is 17.3 Å². The Balaban J connectivity index is 1.44. The number of carbonyl (C=O) groups excluding carboxylic acids is 1. The second kappa shape index (κ2) is 12.3. The first-order chi connectivity index (χ1) is 20.5. The van der Waals surface area contributed by atoms with E-state index in [2.05, 4.69) is 30.9 Å². The number of nitrogens with one attached hydrogen (secondary N) is 3. The summed E-state index contributed by atoms with van der Waals surface area (Å²) in [5, 5.41) is 8.17. The van der Waals surface area contributed by atoms with E-state index in [0.717, 1.165) is 43.7 Å². The van der Waals surface area contributed by atoms with Crippen LogP contribution in [0.25, 0.3) is 11.3 Å². The fourth-order valence-corrected chi connectivity index (χ4v) is 4.54. The predicted octanol–water partition coefficient (Wildman–Crippen LogP) is 6.70. The Morgan fingerprint density at radius 2 is 1.81 bits per heavy atom. The van der Waals surface area contributed by atoms with Crippen molar-refractivity contribution in [1.29, 1.82) is 0 Å². The lowest BCUT2D eigenvalue weighted by atomic mass is 10.1. The average molecular weight is 603 g/mol. The first kappa shape index (κ1) is 29.8. The lowest BCUT2D eigenvalue weighted by molar-refractivity contribution is -0.138. The highest BCUT2D eigenvalue weighted by Gasteiger charge is 2.35. The first-order valence-corrected chi connectivity index (χ1v) is 13.1. The van der Waals surface area contributed by atoms with Gasteiger partial charge in [0, 0.05) is 41.3 Å². The zero-order valence-corrected chi connectivity index (χ0v) is 22.3. The molecule has 224 valence electrons. The van der Waals surface area contributed by atoms with Gasteiger partial charge < -0.3 is 20.7 Å². The predicted molar refractivity (Wildman–Crippen MR) is 146 cm³/mol. The average Bonchev–Trinajstić information content (AvgIpc) is 3.50. The summed E-state index contributed by atoms with van der Waals surface area (Å²) in [4.78, 5) is 25.2. The maximum Gasteiger partial charge on any atom is 0.418 e. The number of rotatable bonds is 8. The van der Waals surface area contributed by atoms with Gasteiger partial charge in [-0.3, -0.25) is 4.79 Å². The topological polar surface area (TPSA) is 101 Å². The summed E-state index contributed by atoms with van der Waals surface area (Å²) in [6.07, 6.45) is -3.71. The molecule has 1 amide bonds. The molecule has 4 aromatic rings. The van der Waals surface area contributed by atoms with Crippen molar-refractivity contribution in [3.63, 3.8) is 0 Å². The number of aromatic nitrogens is 3. The summed E-state index contributed by atoms with van der Waals surface area (Å²) in [7, 11) is 0. The Morgan fingerprint density at radius 3 is 2.51 bits per heavy atom. The van der Waals surface area contributed by atoms with Crippen molar-refractivity contribution in [3.05, 3.63) is 90.0 Å². The second-order valence-corrected chi connectivity index (χ2v) is 9.68. The lowest BCUT2D eigenvalue weighted by Gasteiger charge is -2.18. The Bertz CT molecular complexity index is 1590. The summed E-state index contributed by atoms with van der Waals surface area (Å²) in [5.41, 5.74) is -2.35. The molecule has 1 aliphatic rings. The third-order valence-electron chi connectivity index (χ3n) is 6.61. The third kappa shape index (κ3) is 7.38. The van der Waals surface area contributed by atoms with Crippen molar-refractivity contribution in [2.75, 3.05) is 23.8 Å². The van der Waals surface area contributed by atoms with Crippen LogP contribution in [0.5, 0.6) is 5.75 Å². The Hall–Kier alpha value is -4.72. The Labute approximate surface area is 241 Å². The molecule has 0 spiro atoms. The van der Waals surface area contributed by atoms with Crippen molar-refractivity contribution in [3.8, 4) is 17.0 Å². The van der Waals surface area contributed by atoms with E-state index in [1.54, 1.807) is 18.2 Å². The SMILES string of the molecule is O=C(Nc1cc(OCC2CCCN2)cc(C(F)(F)F)c1)c1ccc(C(F)(F)F)c(Nc2ncccc2-c2ccncn2)c1. The van der Waals surface area contributed by atoms with Gasteiger partial charge in [0.15, 0.2) is 0 Å². The van der Waals surface area contributed by atoms with E-state index < -0.39 is 35.1 Å². The number of pyridine rings is 1. The molecule has 5 rings (SSSR count). The molecule has 1 fully saturated rings. The van der Waals surface area contributed by atoms with Crippen molar-refractivity contribution in [2.45, 2.75) is 31.2 Å². The molecule has 3 N–H and O–H groups in total. The van der Waals surface area contributed by atoms with Crippen LogP contribution in [0, 0.1) is 0 Å². The summed E-state index contributed by atoms with van der Waals surface area (Å²) in [6.45, 7) is 0.914. The van der Waals surface area contributed by atoms with Gasteiger partial charge in [0.2, 0.25) is 0 Å². The molecule has 2 aromatic carbocycles. The normalized spacial score (nSPS) is 15.3. The van der Waals surface area contributed by atoms with Gasteiger partial charge in [-0.2, -0.15) is 26.3 Å². The zero-order chi connectivity index (χ0) is 30.6. The molecule has 0 aliphatic carbocycles. The number of nitrogens with zero attached hydrogens (tertiary/aromatic N) is 3.